The Balaban J connectivity index is 0.00000364. The second-order valence-corrected chi connectivity index (χ2v) is 6.20. The Bertz CT molecular complexity index is 586. The minimum atomic E-state index is 0. The number of benzene rings is 1. The fraction of sp³-hybridized carbons (Fsp3) is 0.632. The van der Waals surface area contributed by atoms with E-state index >= 15 is 0 Å². The van der Waals surface area contributed by atoms with E-state index in [-0.39, 0.29) is 24.0 Å². The summed E-state index contributed by atoms with van der Waals surface area (Å²) in [5.41, 5.74) is 6.88. The summed E-state index contributed by atoms with van der Waals surface area (Å²) in [4.78, 5) is 6.96. The van der Waals surface area contributed by atoms with Crippen molar-refractivity contribution in [3.63, 3.8) is 0 Å². The standard InChI is InChI=1S/C19H32N4O3.HI/c1-4-25-16-8-9-18(26-5-2)17(13-16)22-19(20)21-14-15-7-6-10-23(15)11-12-24-3;/h8-9,13,15H,4-7,10-12,14H2,1-3H3,(H3,20,21,22);1H. The number of nitrogens with two attached hydrogens (primary N) is 1. The van der Waals surface area contributed by atoms with E-state index in [0.717, 1.165) is 43.3 Å². The lowest BCUT2D eigenvalue weighted by molar-refractivity contribution is 0.143. The first-order valence-corrected chi connectivity index (χ1v) is 9.37. The van der Waals surface area contributed by atoms with Crippen LogP contribution in [0.5, 0.6) is 11.5 Å². The lowest BCUT2D eigenvalue weighted by Crippen LogP contribution is -2.35. The number of aliphatic imine (C=N–C) groups is 1. The number of hydrogen-bond donors (Lipinski definition) is 2. The van der Waals surface area contributed by atoms with Gasteiger partial charge in [-0.2, -0.15) is 0 Å². The smallest absolute Gasteiger partial charge is 0.193 e. The molecule has 0 radical (unpaired) electrons. The second kappa shape index (κ2) is 13.0. The van der Waals surface area contributed by atoms with Gasteiger partial charge >= 0.3 is 0 Å². The third-order valence-corrected chi connectivity index (χ3v) is 4.38. The second-order valence-electron chi connectivity index (χ2n) is 6.20. The molecule has 0 aliphatic carbocycles. The normalized spacial score (nSPS) is 17.4. The van der Waals surface area contributed by atoms with Crippen molar-refractivity contribution in [3.8, 4) is 11.5 Å². The van der Waals surface area contributed by atoms with Gasteiger partial charge in [-0.15, -0.1) is 24.0 Å². The molecule has 1 aliphatic rings. The molecule has 3 N–H and O–H groups in total. The number of nitrogens with zero attached hydrogens (tertiary/aromatic N) is 2. The molecule has 1 fully saturated rings. The number of nitrogens with one attached hydrogen (secondary N) is 1. The molecule has 7 nitrogen and oxygen atoms in total. The summed E-state index contributed by atoms with van der Waals surface area (Å²) < 4.78 is 16.4. The highest BCUT2D eigenvalue weighted by molar-refractivity contribution is 14.0. The third kappa shape index (κ3) is 7.71. The Kier molecular flexibility index (Phi) is 11.5. The fourth-order valence-corrected chi connectivity index (χ4v) is 3.13. The minimum absolute atomic E-state index is 0. The average Bonchev–Trinajstić information content (AvgIpc) is 3.08. The molecule has 27 heavy (non-hydrogen) atoms. The van der Waals surface area contributed by atoms with Gasteiger partial charge in [-0.1, -0.05) is 0 Å². The number of hydrogen-bond acceptors (Lipinski definition) is 5. The van der Waals surface area contributed by atoms with E-state index in [0.29, 0.717) is 31.8 Å². The largest absolute Gasteiger partial charge is 0.494 e. The molecule has 2 rings (SSSR count). The molecule has 1 heterocycles. The highest BCUT2D eigenvalue weighted by Crippen LogP contribution is 2.29. The zero-order valence-electron chi connectivity index (χ0n) is 16.6. The molecule has 1 aromatic carbocycles. The number of likely N-dealkylation sites (tertiary alicyclic amines) is 1. The van der Waals surface area contributed by atoms with E-state index in [9.17, 15) is 0 Å². The van der Waals surface area contributed by atoms with Crippen LogP contribution in [0.15, 0.2) is 23.2 Å². The summed E-state index contributed by atoms with van der Waals surface area (Å²) in [7, 11) is 1.73. The molecule has 1 aliphatic heterocycles. The molecule has 1 saturated heterocycles. The molecule has 1 unspecified atom stereocenters. The van der Waals surface area contributed by atoms with Crippen LogP contribution < -0.4 is 20.5 Å². The summed E-state index contributed by atoms with van der Waals surface area (Å²) in [6, 6.07) is 6.08. The van der Waals surface area contributed by atoms with Crippen LogP contribution in [0.25, 0.3) is 0 Å². The maximum atomic E-state index is 6.12. The molecule has 1 aromatic rings. The van der Waals surface area contributed by atoms with Crippen LogP contribution >= 0.6 is 24.0 Å². The van der Waals surface area contributed by atoms with Crippen molar-refractivity contribution in [2.75, 3.05) is 51.9 Å². The fourth-order valence-electron chi connectivity index (χ4n) is 3.13. The van der Waals surface area contributed by atoms with Gasteiger partial charge in [-0.3, -0.25) is 9.89 Å². The summed E-state index contributed by atoms with van der Waals surface area (Å²) in [5, 5.41) is 3.16. The van der Waals surface area contributed by atoms with Gasteiger partial charge in [-0.25, -0.2) is 0 Å². The van der Waals surface area contributed by atoms with E-state index in [1.165, 1.54) is 6.42 Å². The molecule has 154 valence electrons. The van der Waals surface area contributed by atoms with Crippen molar-refractivity contribution in [3.05, 3.63) is 18.2 Å². The van der Waals surface area contributed by atoms with E-state index in [4.69, 9.17) is 19.9 Å². The molecule has 0 aromatic heterocycles. The van der Waals surface area contributed by atoms with Crippen LogP contribution in [0.2, 0.25) is 0 Å². The molecule has 1 atom stereocenters. The zero-order chi connectivity index (χ0) is 18.8. The average molecular weight is 492 g/mol. The van der Waals surface area contributed by atoms with Crippen LogP contribution in [-0.4, -0.2) is 63.5 Å². The van der Waals surface area contributed by atoms with Gasteiger partial charge in [-0.05, 0) is 45.4 Å². The number of halogens is 1. The van der Waals surface area contributed by atoms with Crippen molar-refractivity contribution in [1.82, 2.24) is 4.90 Å². The highest BCUT2D eigenvalue weighted by atomic mass is 127. The minimum Gasteiger partial charge on any atom is -0.494 e. The number of anilines is 1. The summed E-state index contributed by atoms with van der Waals surface area (Å²) >= 11 is 0. The van der Waals surface area contributed by atoms with Crippen molar-refractivity contribution < 1.29 is 14.2 Å². The Labute approximate surface area is 179 Å². The molecule has 0 bridgehead atoms. The highest BCUT2D eigenvalue weighted by Gasteiger charge is 2.23. The third-order valence-electron chi connectivity index (χ3n) is 4.38. The van der Waals surface area contributed by atoms with E-state index in [2.05, 4.69) is 15.2 Å². The van der Waals surface area contributed by atoms with Crippen molar-refractivity contribution in [2.24, 2.45) is 10.7 Å². The topological polar surface area (TPSA) is 81.3 Å². The number of methoxy groups -OCH3 is 1. The predicted molar refractivity (Wildman–Crippen MR) is 121 cm³/mol. The zero-order valence-corrected chi connectivity index (χ0v) is 18.9. The molecule has 0 amide bonds. The monoisotopic (exact) mass is 492 g/mol. The maximum Gasteiger partial charge on any atom is 0.193 e. The van der Waals surface area contributed by atoms with Crippen molar-refractivity contribution >= 4 is 35.6 Å². The predicted octanol–water partition coefficient (Wildman–Crippen LogP) is 2.94. The Hall–Kier alpha value is -1.26. The maximum absolute atomic E-state index is 6.12. The lowest BCUT2D eigenvalue weighted by Gasteiger charge is -2.22. The summed E-state index contributed by atoms with van der Waals surface area (Å²) in [5.74, 6) is 1.89. The van der Waals surface area contributed by atoms with Gasteiger partial charge in [0.05, 0.1) is 32.1 Å². The van der Waals surface area contributed by atoms with Crippen LogP contribution in [-0.2, 0) is 4.74 Å². The Morgan fingerprint density at radius 2 is 2.07 bits per heavy atom. The molecule has 0 saturated carbocycles. The SMILES string of the molecule is CCOc1ccc(OCC)c(NC(N)=NCC2CCCN2CCOC)c1.I. The van der Waals surface area contributed by atoms with Gasteiger partial charge in [0, 0.05) is 25.8 Å². The number of guanidine groups is 1. The Morgan fingerprint density at radius 1 is 1.30 bits per heavy atom. The van der Waals surface area contributed by atoms with Gasteiger partial charge in [0.1, 0.15) is 11.5 Å². The lowest BCUT2D eigenvalue weighted by atomic mass is 10.2. The summed E-state index contributed by atoms with van der Waals surface area (Å²) in [6.45, 7) is 8.55. The number of ether oxygens (including phenoxy) is 3. The Morgan fingerprint density at radius 3 is 2.78 bits per heavy atom. The first-order valence-electron chi connectivity index (χ1n) is 9.37. The number of rotatable bonds is 10. The summed E-state index contributed by atoms with van der Waals surface area (Å²) in [6.07, 6.45) is 2.34. The molecular weight excluding hydrogens is 459 g/mol. The molecular formula is C19H33IN4O3. The van der Waals surface area contributed by atoms with Gasteiger partial charge < -0.3 is 25.3 Å². The van der Waals surface area contributed by atoms with Gasteiger partial charge in [0.25, 0.3) is 0 Å². The van der Waals surface area contributed by atoms with Crippen molar-refractivity contribution in [1.29, 1.82) is 0 Å². The van der Waals surface area contributed by atoms with Crippen LogP contribution in [0.1, 0.15) is 26.7 Å². The first-order chi connectivity index (χ1) is 12.7. The van der Waals surface area contributed by atoms with E-state index < -0.39 is 0 Å². The van der Waals surface area contributed by atoms with E-state index in [1.54, 1.807) is 7.11 Å². The molecule has 8 heteroatoms. The van der Waals surface area contributed by atoms with E-state index in [1.807, 2.05) is 32.0 Å². The first kappa shape index (κ1) is 23.8. The van der Waals surface area contributed by atoms with Gasteiger partial charge in [0.15, 0.2) is 5.96 Å². The van der Waals surface area contributed by atoms with Gasteiger partial charge in [0.2, 0.25) is 0 Å². The quantitative estimate of drug-likeness (QED) is 0.297. The van der Waals surface area contributed by atoms with Crippen molar-refractivity contribution in [2.45, 2.75) is 32.7 Å². The van der Waals surface area contributed by atoms with Crippen LogP contribution in [0.4, 0.5) is 5.69 Å². The van der Waals surface area contributed by atoms with Crippen LogP contribution in [0.3, 0.4) is 0 Å². The molecule has 0 spiro atoms. The van der Waals surface area contributed by atoms with Crippen LogP contribution in [0, 0.1) is 0 Å².